The molecule has 1 rings (SSSR count). The topological polar surface area (TPSA) is 69.6 Å². The monoisotopic (exact) mass is 264 g/mol. The largest absolute Gasteiger partial charge is 0.480 e. The van der Waals surface area contributed by atoms with E-state index in [9.17, 15) is 9.59 Å². The van der Waals surface area contributed by atoms with Crippen molar-refractivity contribution in [2.45, 2.75) is 32.2 Å². The van der Waals surface area contributed by atoms with Crippen molar-refractivity contribution in [1.29, 1.82) is 0 Å². The Morgan fingerprint density at radius 3 is 2.47 bits per heavy atom. The number of carbonyl (C=O) groups excluding carboxylic acids is 1. The first-order valence-electron chi connectivity index (χ1n) is 6.38. The zero-order valence-electron chi connectivity index (χ0n) is 11.3. The van der Waals surface area contributed by atoms with E-state index in [4.69, 9.17) is 5.11 Å². The van der Waals surface area contributed by atoms with Gasteiger partial charge in [0.25, 0.3) is 0 Å². The number of carbonyl (C=O) groups is 2. The fraction of sp³-hybridized carbons (Fsp3) is 0.429. The molecule has 0 aliphatic carbocycles. The van der Waals surface area contributed by atoms with E-state index >= 15 is 0 Å². The minimum Gasteiger partial charge on any atom is -0.480 e. The number of hydrogen-bond acceptors (Lipinski definition) is 2. The molecule has 104 valence electrons. The molecule has 0 saturated carbocycles. The molecule has 1 atom stereocenters. The first kappa shape index (κ1) is 15.0. The van der Waals surface area contributed by atoms with E-state index in [1.54, 1.807) is 19.2 Å². The number of rotatable bonds is 6. The van der Waals surface area contributed by atoms with Gasteiger partial charge < -0.3 is 10.4 Å². The summed E-state index contributed by atoms with van der Waals surface area (Å²) in [7, 11) is 1.61. The second-order valence-corrected chi connectivity index (χ2v) is 4.38. The SMILES string of the molecule is CCCC[C@H](NC(=O)N(C)c1ccccc1)C(=O)O. The number of amides is 2. The lowest BCUT2D eigenvalue weighted by Gasteiger charge is -2.21. The number of benzene rings is 1. The van der Waals surface area contributed by atoms with E-state index in [2.05, 4.69) is 5.32 Å². The minimum atomic E-state index is -0.997. The number of nitrogens with zero attached hydrogens (tertiary/aromatic N) is 1. The maximum absolute atomic E-state index is 12.0. The molecule has 0 spiro atoms. The van der Waals surface area contributed by atoms with Crippen molar-refractivity contribution in [1.82, 2.24) is 5.32 Å². The third-order valence-electron chi connectivity index (χ3n) is 2.89. The molecule has 5 heteroatoms. The number of para-hydroxylation sites is 1. The molecule has 5 nitrogen and oxygen atoms in total. The van der Waals surface area contributed by atoms with E-state index < -0.39 is 18.0 Å². The quantitative estimate of drug-likeness (QED) is 0.829. The summed E-state index contributed by atoms with van der Waals surface area (Å²) in [6.07, 6.45) is 2.11. The molecule has 0 fully saturated rings. The first-order valence-corrected chi connectivity index (χ1v) is 6.38. The standard InChI is InChI=1S/C14H20N2O3/c1-3-4-10-12(13(17)18)15-14(19)16(2)11-8-6-5-7-9-11/h5-9,12H,3-4,10H2,1-2H3,(H,15,19)(H,17,18)/t12-/m0/s1. The molecular weight excluding hydrogens is 244 g/mol. The first-order chi connectivity index (χ1) is 9.06. The van der Waals surface area contributed by atoms with Crippen molar-refractivity contribution < 1.29 is 14.7 Å². The van der Waals surface area contributed by atoms with Crippen molar-refractivity contribution in [3.63, 3.8) is 0 Å². The van der Waals surface area contributed by atoms with Crippen LogP contribution < -0.4 is 10.2 Å². The van der Waals surface area contributed by atoms with E-state index in [-0.39, 0.29) is 0 Å². The Hall–Kier alpha value is -2.04. The highest BCUT2D eigenvalue weighted by molar-refractivity contribution is 5.93. The van der Waals surface area contributed by atoms with Crippen LogP contribution in [0.5, 0.6) is 0 Å². The van der Waals surface area contributed by atoms with Gasteiger partial charge in [-0.1, -0.05) is 38.0 Å². The predicted molar refractivity (Wildman–Crippen MR) is 74.3 cm³/mol. The highest BCUT2D eigenvalue weighted by Crippen LogP contribution is 2.11. The lowest BCUT2D eigenvalue weighted by Crippen LogP contribution is -2.46. The second kappa shape index (κ2) is 7.41. The van der Waals surface area contributed by atoms with Gasteiger partial charge in [-0.2, -0.15) is 0 Å². The van der Waals surface area contributed by atoms with Gasteiger partial charge in [0.2, 0.25) is 0 Å². The van der Waals surface area contributed by atoms with Gasteiger partial charge in [-0.05, 0) is 18.6 Å². The molecule has 2 N–H and O–H groups in total. The Kier molecular flexibility index (Phi) is 5.85. The average Bonchev–Trinajstić information content (AvgIpc) is 2.43. The van der Waals surface area contributed by atoms with Gasteiger partial charge in [-0.15, -0.1) is 0 Å². The number of urea groups is 1. The molecule has 0 aliphatic heterocycles. The van der Waals surface area contributed by atoms with E-state index in [1.807, 2.05) is 25.1 Å². The summed E-state index contributed by atoms with van der Waals surface area (Å²) in [5, 5.41) is 11.6. The normalized spacial score (nSPS) is 11.7. The molecule has 0 heterocycles. The van der Waals surface area contributed by atoms with Gasteiger partial charge in [0.05, 0.1) is 0 Å². The van der Waals surface area contributed by atoms with Gasteiger partial charge in [-0.3, -0.25) is 4.90 Å². The van der Waals surface area contributed by atoms with Crippen LogP contribution >= 0.6 is 0 Å². The number of aliphatic carboxylic acids is 1. The molecule has 1 aromatic carbocycles. The zero-order chi connectivity index (χ0) is 14.3. The second-order valence-electron chi connectivity index (χ2n) is 4.38. The number of carboxylic acid groups (broad SMARTS) is 1. The van der Waals surface area contributed by atoms with Crippen molar-refractivity contribution >= 4 is 17.7 Å². The molecule has 0 saturated heterocycles. The van der Waals surface area contributed by atoms with Gasteiger partial charge in [0.1, 0.15) is 6.04 Å². The molecular formula is C14H20N2O3. The molecule has 0 bridgehead atoms. The highest BCUT2D eigenvalue weighted by atomic mass is 16.4. The third kappa shape index (κ3) is 4.62. The van der Waals surface area contributed by atoms with Crippen LogP contribution in [0, 0.1) is 0 Å². The maximum atomic E-state index is 12.0. The molecule has 1 aromatic rings. The lowest BCUT2D eigenvalue weighted by molar-refractivity contribution is -0.139. The predicted octanol–water partition coefficient (Wildman–Crippen LogP) is 2.48. The van der Waals surface area contributed by atoms with Crippen LogP contribution in [-0.2, 0) is 4.79 Å². The molecule has 19 heavy (non-hydrogen) atoms. The smallest absolute Gasteiger partial charge is 0.326 e. The van der Waals surface area contributed by atoms with E-state index in [0.717, 1.165) is 18.5 Å². The van der Waals surface area contributed by atoms with Crippen LogP contribution in [0.1, 0.15) is 26.2 Å². The summed E-state index contributed by atoms with van der Waals surface area (Å²) in [6.45, 7) is 1.98. The van der Waals surface area contributed by atoms with Crippen LogP contribution in [0.25, 0.3) is 0 Å². The summed E-state index contributed by atoms with van der Waals surface area (Å²) in [5.41, 5.74) is 0.722. The van der Waals surface area contributed by atoms with Crippen molar-refractivity contribution in [2.75, 3.05) is 11.9 Å². The van der Waals surface area contributed by atoms with Crippen molar-refractivity contribution in [3.8, 4) is 0 Å². The van der Waals surface area contributed by atoms with Crippen molar-refractivity contribution in [2.24, 2.45) is 0 Å². The van der Waals surface area contributed by atoms with Gasteiger partial charge in [0.15, 0.2) is 0 Å². The van der Waals surface area contributed by atoms with Crippen LogP contribution in [0.3, 0.4) is 0 Å². The van der Waals surface area contributed by atoms with Gasteiger partial charge in [0, 0.05) is 12.7 Å². The summed E-state index contributed by atoms with van der Waals surface area (Å²) >= 11 is 0. The average molecular weight is 264 g/mol. The Morgan fingerprint density at radius 2 is 1.95 bits per heavy atom. The van der Waals surface area contributed by atoms with Crippen LogP contribution in [-0.4, -0.2) is 30.2 Å². The zero-order valence-corrected chi connectivity index (χ0v) is 11.3. The molecule has 0 unspecified atom stereocenters. The number of carboxylic acids is 1. The van der Waals surface area contributed by atoms with Gasteiger partial charge in [-0.25, -0.2) is 9.59 Å². The number of unbranched alkanes of at least 4 members (excludes halogenated alkanes) is 1. The maximum Gasteiger partial charge on any atom is 0.326 e. The third-order valence-corrected chi connectivity index (χ3v) is 2.89. The summed E-state index contributed by atoms with van der Waals surface area (Å²) in [4.78, 5) is 24.4. The fourth-order valence-electron chi connectivity index (χ4n) is 1.68. The fourth-order valence-corrected chi connectivity index (χ4v) is 1.68. The van der Waals surface area contributed by atoms with E-state index in [1.165, 1.54) is 4.90 Å². The van der Waals surface area contributed by atoms with Crippen LogP contribution in [0.15, 0.2) is 30.3 Å². The summed E-state index contributed by atoms with van der Waals surface area (Å²) in [5.74, 6) is -0.997. The summed E-state index contributed by atoms with van der Waals surface area (Å²) in [6, 6.07) is 7.85. The van der Waals surface area contributed by atoms with Crippen molar-refractivity contribution in [3.05, 3.63) is 30.3 Å². The number of hydrogen-bond donors (Lipinski definition) is 2. The highest BCUT2D eigenvalue weighted by Gasteiger charge is 2.21. The van der Waals surface area contributed by atoms with Crippen LogP contribution in [0.4, 0.5) is 10.5 Å². The van der Waals surface area contributed by atoms with Crippen LogP contribution in [0.2, 0.25) is 0 Å². The van der Waals surface area contributed by atoms with E-state index in [0.29, 0.717) is 6.42 Å². The number of anilines is 1. The lowest BCUT2D eigenvalue weighted by atomic mass is 10.1. The van der Waals surface area contributed by atoms with Gasteiger partial charge >= 0.3 is 12.0 Å². The molecule has 0 aliphatic rings. The number of nitrogens with one attached hydrogen (secondary N) is 1. The Balaban J connectivity index is 2.64. The summed E-state index contributed by atoms with van der Waals surface area (Å²) < 4.78 is 0. The molecule has 2 amide bonds. The Labute approximate surface area is 113 Å². The Bertz CT molecular complexity index is 420. The molecule has 0 radical (unpaired) electrons. The minimum absolute atomic E-state index is 0.408. The molecule has 0 aromatic heterocycles. The Morgan fingerprint density at radius 1 is 1.32 bits per heavy atom.